The van der Waals surface area contributed by atoms with Crippen molar-refractivity contribution in [1.82, 2.24) is 0 Å². The number of esters is 1. The molecular formula is C9H10O3. The third-order valence-corrected chi connectivity index (χ3v) is 3.36. The van der Waals surface area contributed by atoms with Crippen LogP contribution < -0.4 is 0 Å². The van der Waals surface area contributed by atoms with E-state index in [2.05, 4.69) is 12.2 Å². The summed E-state index contributed by atoms with van der Waals surface area (Å²) in [6, 6.07) is 0. The maximum Gasteiger partial charge on any atom is 0.312 e. The van der Waals surface area contributed by atoms with Gasteiger partial charge in [0.15, 0.2) is 0 Å². The van der Waals surface area contributed by atoms with E-state index >= 15 is 0 Å². The number of aliphatic hydroxyl groups excluding tert-OH is 1. The molecule has 5 atom stereocenters. The molecule has 2 aliphatic carbocycles. The second-order valence-corrected chi connectivity index (χ2v) is 3.88. The van der Waals surface area contributed by atoms with Crippen molar-refractivity contribution in [3.63, 3.8) is 0 Å². The molecule has 3 heteroatoms. The van der Waals surface area contributed by atoms with Crippen molar-refractivity contribution in [1.29, 1.82) is 0 Å². The Hall–Kier alpha value is -0.830. The Kier molecular flexibility index (Phi) is 1.06. The van der Waals surface area contributed by atoms with Crippen LogP contribution in [0.15, 0.2) is 12.2 Å². The number of ether oxygens (including phenoxy) is 1. The van der Waals surface area contributed by atoms with Crippen molar-refractivity contribution in [2.75, 3.05) is 0 Å². The largest absolute Gasteiger partial charge is 0.435 e. The Balaban J connectivity index is 2.03. The van der Waals surface area contributed by atoms with E-state index in [4.69, 9.17) is 4.74 Å². The van der Waals surface area contributed by atoms with Crippen molar-refractivity contribution < 1.29 is 14.6 Å². The lowest BCUT2D eigenvalue weighted by Gasteiger charge is -2.17. The van der Waals surface area contributed by atoms with Gasteiger partial charge in [0.1, 0.15) is 0 Å². The zero-order valence-corrected chi connectivity index (χ0v) is 6.51. The van der Waals surface area contributed by atoms with Gasteiger partial charge in [0.25, 0.3) is 0 Å². The minimum absolute atomic E-state index is 0.0463. The number of cyclic esters (lactones) is 1. The SMILES string of the molecule is O=C1OC(O)[C@H]2[C@@H]1[C@H]1C=C[C@@H]2C1. The van der Waals surface area contributed by atoms with Crippen LogP contribution in [0.5, 0.6) is 0 Å². The summed E-state index contributed by atoms with van der Waals surface area (Å²) in [6.45, 7) is 0. The first kappa shape index (κ1) is 6.66. The van der Waals surface area contributed by atoms with Gasteiger partial charge in [-0.05, 0) is 18.3 Å². The smallest absolute Gasteiger partial charge is 0.312 e. The van der Waals surface area contributed by atoms with E-state index in [0.29, 0.717) is 11.8 Å². The Morgan fingerprint density at radius 1 is 1.42 bits per heavy atom. The molecular weight excluding hydrogens is 156 g/mol. The number of hydrogen-bond acceptors (Lipinski definition) is 3. The predicted molar refractivity (Wildman–Crippen MR) is 39.8 cm³/mol. The van der Waals surface area contributed by atoms with Crippen LogP contribution in [0.1, 0.15) is 6.42 Å². The number of rotatable bonds is 0. The number of allylic oxidation sites excluding steroid dienone is 2. The molecule has 64 valence electrons. The molecule has 0 radical (unpaired) electrons. The van der Waals surface area contributed by atoms with E-state index in [1.807, 2.05) is 0 Å². The van der Waals surface area contributed by atoms with E-state index in [9.17, 15) is 9.90 Å². The van der Waals surface area contributed by atoms with Gasteiger partial charge >= 0.3 is 5.97 Å². The third kappa shape index (κ3) is 0.591. The van der Waals surface area contributed by atoms with Crippen LogP contribution in [0.25, 0.3) is 0 Å². The molecule has 0 aromatic rings. The summed E-state index contributed by atoms with van der Waals surface area (Å²) >= 11 is 0. The molecule has 3 nitrogen and oxygen atoms in total. The second kappa shape index (κ2) is 1.91. The van der Waals surface area contributed by atoms with Crippen LogP contribution >= 0.6 is 0 Å². The van der Waals surface area contributed by atoms with E-state index in [-0.39, 0.29) is 17.8 Å². The highest BCUT2D eigenvalue weighted by molar-refractivity contribution is 5.76. The molecule has 1 aliphatic heterocycles. The van der Waals surface area contributed by atoms with Gasteiger partial charge in [-0.25, -0.2) is 0 Å². The summed E-state index contributed by atoms with van der Waals surface area (Å²) in [5.74, 6) is 0.512. The summed E-state index contributed by atoms with van der Waals surface area (Å²) < 4.78 is 4.79. The monoisotopic (exact) mass is 166 g/mol. The topological polar surface area (TPSA) is 46.5 Å². The molecule has 2 bridgehead atoms. The average molecular weight is 166 g/mol. The van der Waals surface area contributed by atoms with Crippen LogP contribution in [0, 0.1) is 23.7 Å². The Morgan fingerprint density at radius 3 is 2.92 bits per heavy atom. The van der Waals surface area contributed by atoms with Gasteiger partial charge in [0, 0.05) is 5.92 Å². The van der Waals surface area contributed by atoms with Crippen LogP contribution in [0.4, 0.5) is 0 Å². The summed E-state index contributed by atoms with van der Waals surface area (Å²) in [7, 11) is 0. The average Bonchev–Trinajstić information content (AvgIpc) is 2.64. The first-order valence-electron chi connectivity index (χ1n) is 4.34. The second-order valence-electron chi connectivity index (χ2n) is 3.88. The molecule has 3 aliphatic rings. The lowest BCUT2D eigenvalue weighted by molar-refractivity contribution is -0.158. The zero-order chi connectivity index (χ0) is 8.29. The molecule has 0 amide bonds. The highest BCUT2D eigenvalue weighted by Crippen LogP contribution is 2.52. The molecule has 1 saturated heterocycles. The molecule has 2 fully saturated rings. The van der Waals surface area contributed by atoms with E-state index < -0.39 is 6.29 Å². The first-order valence-corrected chi connectivity index (χ1v) is 4.34. The molecule has 0 aromatic heterocycles. The van der Waals surface area contributed by atoms with Crippen LogP contribution in [0.3, 0.4) is 0 Å². The quantitative estimate of drug-likeness (QED) is 0.416. The van der Waals surface area contributed by atoms with Gasteiger partial charge < -0.3 is 9.84 Å². The lowest BCUT2D eigenvalue weighted by Crippen LogP contribution is -2.24. The molecule has 3 rings (SSSR count). The highest BCUT2D eigenvalue weighted by Gasteiger charge is 2.57. The van der Waals surface area contributed by atoms with Crippen LogP contribution in [-0.4, -0.2) is 17.4 Å². The number of hydrogen-bond donors (Lipinski definition) is 1. The fraction of sp³-hybridized carbons (Fsp3) is 0.667. The zero-order valence-electron chi connectivity index (χ0n) is 6.51. The summed E-state index contributed by atoms with van der Waals surface area (Å²) in [4.78, 5) is 11.2. The van der Waals surface area contributed by atoms with Gasteiger partial charge in [0.2, 0.25) is 6.29 Å². The van der Waals surface area contributed by atoms with Crippen LogP contribution in [-0.2, 0) is 9.53 Å². The molecule has 1 unspecified atom stereocenters. The maximum absolute atomic E-state index is 11.2. The van der Waals surface area contributed by atoms with Gasteiger partial charge in [-0.2, -0.15) is 0 Å². The molecule has 1 saturated carbocycles. The minimum Gasteiger partial charge on any atom is -0.435 e. The molecule has 1 heterocycles. The molecule has 1 N–H and O–H groups in total. The van der Waals surface area contributed by atoms with Crippen molar-refractivity contribution >= 4 is 5.97 Å². The summed E-state index contributed by atoms with van der Waals surface area (Å²) in [5, 5.41) is 9.41. The van der Waals surface area contributed by atoms with E-state index in [1.165, 1.54) is 0 Å². The fourth-order valence-corrected chi connectivity index (χ4v) is 2.86. The van der Waals surface area contributed by atoms with Crippen molar-refractivity contribution in [2.45, 2.75) is 12.7 Å². The van der Waals surface area contributed by atoms with Gasteiger partial charge in [-0.15, -0.1) is 0 Å². The summed E-state index contributed by atoms with van der Waals surface area (Å²) in [5.41, 5.74) is 0. The third-order valence-electron chi connectivity index (χ3n) is 3.36. The summed E-state index contributed by atoms with van der Waals surface area (Å²) in [6.07, 6.45) is 4.38. The standard InChI is InChI=1S/C9H10O3/c10-8-6-4-1-2-5(3-4)7(6)9(11)12-8/h1-2,4-8,10H,3H2/t4-,5+,6-,7+,8?/m1/s1. The van der Waals surface area contributed by atoms with Crippen LogP contribution in [0.2, 0.25) is 0 Å². The maximum atomic E-state index is 11.2. The minimum atomic E-state index is -0.845. The van der Waals surface area contributed by atoms with E-state index in [1.54, 1.807) is 0 Å². The number of aliphatic hydroxyl groups is 1. The predicted octanol–water partition coefficient (Wildman–Crippen LogP) is 0.300. The number of fused-ring (bicyclic) bond motifs is 5. The molecule has 0 aromatic carbocycles. The van der Waals surface area contributed by atoms with Gasteiger partial charge in [-0.3, -0.25) is 4.79 Å². The molecule has 0 spiro atoms. The Morgan fingerprint density at radius 2 is 2.17 bits per heavy atom. The number of carbonyl (C=O) groups is 1. The fourth-order valence-electron chi connectivity index (χ4n) is 2.86. The normalized spacial score (nSPS) is 54.4. The Bertz CT molecular complexity index is 271. The lowest BCUT2D eigenvalue weighted by atomic mass is 9.85. The Labute approximate surface area is 70.0 Å². The van der Waals surface area contributed by atoms with Gasteiger partial charge in [-0.1, -0.05) is 12.2 Å². The van der Waals surface area contributed by atoms with Crippen molar-refractivity contribution in [2.24, 2.45) is 23.7 Å². The number of carbonyl (C=O) groups excluding carboxylic acids is 1. The van der Waals surface area contributed by atoms with Crippen molar-refractivity contribution in [3.05, 3.63) is 12.2 Å². The first-order chi connectivity index (χ1) is 5.77. The van der Waals surface area contributed by atoms with E-state index in [0.717, 1.165) is 6.42 Å². The van der Waals surface area contributed by atoms with Gasteiger partial charge in [0.05, 0.1) is 5.92 Å². The van der Waals surface area contributed by atoms with Crippen molar-refractivity contribution in [3.8, 4) is 0 Å². The highest BCUT2D eigenvalue weighted by atomic mass is 16.6. The molecule has 12 heavy (non-hydrogen) atoms.